The monoisotopic (exact) mass is 703 g/mol. The molecule has 5 aromatic carbocycles. The third-order valence-corrected chi connectivity index (χ3v) is 23.9. The molecule has 0 aromatic heterocycles. The Morgan fingerprint density at radius 1 is 0.514 bits per heavy atom. The van der Waals surface area contributed by atoms with Crippen molar-refractivity contribution in [1.29, 1.82) is 0 Å². The Morgan fingerprint density at radius 3 is 1.11 bits per heavy atom. The van der Waals surface area contributed by atoms with Crippen LogP contribution in [0.1, 0.15) is 11.1 Å². The van der Waals surface area contributed by atoms with Crippen molar-refractivity contribution in [3.63, 3.8) is 0 Å². The van der Waals surface area contributed by atoms with Gasteiger partial charge in [-0.25, -0.2) is 0 Å². The molecule has 0 bridgehead atoms. The van der Waals surface area contributed by atoms with E-state index >= 15 is 0 Å². The van der Waals surface area contributed by atoms with E-state index in [2.05, 4.69) is 121 Å². The molecule has 1 radical (unpaired) electrons. The first-order chi connectivity index (χ1) is 17.8. The normalized spacial score (nSPS) is 11.3. The van der Waals surface area contributed by atoms with Crippen molar-refractivity contribution in [3.05, 3.63) is 151 Å². The summed E-state index contributed by atoms with van der Waals surface area (Å²) in [7, 11) is -4.05. The van der Waals surface area contributed by atoms with Crippen LogP contribution in [-0.4, -0.2) is 33.2 Å². The Balaban J connectivity index is 0.000000225. The molecule has 0 aliphatic carbocycles. The minimum absolute atomic E-state index is 0.0203. The number of rotatable bonds is 5. The molecule has 0 amide bonds. The molecule has 0 saturated carbocycles. The van der Waals surface area contributed by atoms with E-state index in [0.29, 0.717) is 5.56 Å². The standard InChI is InChI=1S/C8H10O3S.4C6H5.Bi/c1-6-3-4-8(7(2)5-6)12(9,10)11;4*1-2-4-6-5-3-1;/h3-5H,1-2H3,(H,9,10,11);4*1-5H;. The summed E-state index contributed by atoms with van der Waals surface area (Å²) in [4.78, 5) is -0.0203. The zero-order valence-corrected chi connectivity index (χ0v) is 25.2. The van der Waals surface area contributed by atoms with Crippen LogP contribution in [0.15, 0.2) is 144 Å². The average Bonchev–Trinajstić information content (AvgIpc) is 2.91. The number of hydrogen-bond acceptors (Lipinski definition) is 2. The van der Waals surface area contributed by atoms with Gasteiger partial charge in [-0.3, -0.25) is 4.55 Å². The zero-order valence-electron chi connectivity index (χ0n) is 20.9. The summed E-state index contributed by atoms with van der Waals surface area (Å²) in [5, 5.41) is 0. The minimum atomic E-state index is -4.05. The van der Waals surface area contributed by atoms with Gasteiger partial charge in [-0.15, -0.1) is 0 Å². The number of hydrogen-bond donors (Lipinski definition) is 1. The van der Waals surface area contributed by atoms with Gasteiger partial charge in [0.15, 0.2) is 0 Å². The first-order valence-electron chi connectivity index (χ1n) is 12.0. The predicted octanol–water partition coefficient (Wildman–Crippen LogP) is 4.61. The van der Waals surface area contributed by atoms with Crippen LogP contribution >= 0.6 is 0 Å². The maximum atomic E-state index is 10.7. The van der Waals surface area contributed by atoms with Gasteiger partial charge in [-0.2, -0.15) is 8.42 Å². The van der Waals surface area contributed by atoms with Crippen LogP contribution in [0, 0.1) is 13.8 Å². The second-order valence-corrected chi connectivity index (χ2v) is 23.4. The Labute approximate surface area is 224 Å². The molecule has 0 aliphatic rings. The van der Waals surface area contributed by atoms with E-state index in [1.165, 1.54) is 19.2 Å². The van der Waals surface area contributed by atoms with Crippen LogP contribution in [0.2, 0.25) is 0 Å². The van der Waals surface area contributed by atoms with Gasteiger partial charge < -0.3 is 0 Å². The molecule has 5 heteroatoms. The quantitative estimate of drug-likeness (QED) is 0.215. The van der Waals surface area contributed by atoms with Crippen molar-refractivity contribution < 1.29 is 13.0 Å². The fourth-order valence-corrected chi connectivity index (χ4v) is 21.9. The van der Waals surface area contributed by atoms with Gasteiger partial charge in [-0.1, -0.05) is 17.7 Å². The fraction of sp³-hybridized carbons (Fsp3) is 0.0625. The molecule has 0 unspecified atom stereocenters. The summed E-state index contributed by atoms with van der Waals surface area (Å²) < 4.78 is 36.1. The summed E-state index contributed by atoms with van der Waals surface area (Å²) in [5.41, 5.74) is 1.54. The van der Waals surface area contributed by atoms with Crippen molar-refractivity contribution in [3.8, 4) is 0 Å². The first kappa shape index (κ1) is 26.9. The molecule has 3 nitrogen and oxygen atoms in total. The van der Waals surface area contributed by atoms with Crippen LogP contribution in [0.25, 0.3) is 0 Å². The van der Waals surface area contributed by atoms with Crippen LogP contribution in [-0.2, 0) is 10.1 Å². The van der Waals surface area contributed by atoms with Crippen LogP contribution < -0.4 is 13.1 Å². The van der Waals surface area contributed by atoms with E-state index in [-0.39, 0.29) is 4.90 Å². The Bertz CT molecular complexity index is 1370. The van der Waals surface area contributed by atoms with Gasteiger partial charge in [0.2, 0.25) is 0 Å². The van der Waals surface area contributed by atoms with E-state index in [0.717, 1.165) is 5.56 Å². The second-order valence-electron chi connectivity index (χ2n) is 8.76. The molecular formula is C32H30BiO3S. The van der Waals surface area contributed by atoms with E-state index in [1.807, 2.05) is 6.92 Å². The molecule has 1 N–H and O–H groups in total. The molecule has 5 rings (SSSR count). The van der Waals surface area contributed by atoms with Gasteiger partial charge in [0, 0.05) is 0 Å². The third-order valence-electron chi connectivity index (χ3n) is 6.18. The molecule has 187 valence electrons. The Morgan fingerprint density at radius 2 is 0.838 bits per heavy atom. The van der Waals surface area contributed by atoms with E-state index in [4.69, 9.17) is 4.55 Å². The Hall–Kier alpha value is -3.11. The fourth-order valence-electron chi connectivity index (χ4n) is 4.59. The molecule has 0 saturated heterocycles. The summed E-state index contributed by atoms with van der Waals surface area (Å²) in [5.74, 6) is 0. The Kier molecular flexibility index (Phi) is 8.71. The molecule has 37 heavy (non-hydrogen) atoms. The van der Waals surface area contributed by atoms with Gasteiger partial charge in [-0.05, 0) is 25.5 Å². The summed E-state index contributed by atoms with van der Waals surface area (Å²) in [6.45, 7) is 3.51. The van der Waals surface area contributed by atoms with E-state index < -0.39 is 30.4 Å². The van der Waals surface area contributed by atoms with Crippen molar-refractivity contribution in [1.82, 2.24) is 0 Å². The van der Waals surface area contributed by atoms with Crippen molar-refractivity contribution in [2.45, 2.75) is 18.7 Å². The number of aryl methyl sites for hydroxylation is 2. The van der Waals surface area contributed by atoms with Gasteiger partial charge in [0.05, 0.1) is 4.90 Å². The molecule has 0 aliphatic heterocycles. The predicted molar refractivity (Wildman–Crippen MR) is 156 cm³/mol. The van der Waals surface area contributed by atoms with Crippen LogP contribution in [0.5, 0.6) is 0 Å². The zero-order chi connectivity index (χ0) is 26.3. The average molecular weight is 704 g/mol. The van der Waals surface area contributed by atoms with E-state index in [9.17, 15) is 8.42 Å². The molecule has 0 atom stereocenters. The molecule has 0 spiro atoms. The number of benzene rings is 5. The topological polar surface area (TPSA) is 54.4 Å². The van der Waals surface area contributed by atoms with Gasteiger partial charge in [0.1, 0.15) is 0 Å². The van der Waals surface area contributed by atoms with E-state index in [1.54, 1.807) is 19.1 Å². The molecule has 0 heterocycles. The third kappa shape index (κ3) is 6.07. The van der Waals surface area contributed by atoms with Crippen molar-refractivity contribution in [2.75, 3.05) is 0 Å². The van der Waals surface area contributed by atoms with Crippen LogP contribution in [0.4, 0.5) is 0 Å². The maximum absolute atomic E-state index is 10.7. The summed E-state index contributed by atoms with van der Waals surface area (Å²) in [6, 6.07) is 49.2. The molecule has 5 aromatic rings. The first-order valence-corrected chi connectivity index (χ1v) is 20.4. The second kappa shape index (κ2) is 12.0. The van der Waals surface area contributed by atoms with Crippen molar-refractivity contribution in [2.24, 2.45) is 0 Å². The van der Waals surface area contributed by atoms with Crippen molar-refractivity contribution >= 4 is 43.5 Å². The van der Waals surface area contributed by atoms with Gasteiger partial charge in [0.25, 0.3) is 10.1 Å². The molecular weight excluding hydrogens is 673 g/mol. The summed E-state index contributed by atoms with van der Waals surface area (Å²) >= 11 is -3.38. The van der Waals surface area contributed by atoms with Gasteiger partial charge >= 0.3 is 155 Å². The van der Waals surface area contributed by atoms with Crippen LogP contribution in [0.3, 0.4) is 0 Å². The molecule has 0 fully saturated rings. The summed E-state index contributed by atoms with van der Waals surface area (Å²) in [6.07, 6.45) is 0. The SMILES string of the molecule is Cc1ccc(S(=O)(=O)O)c(C)c1.c1cc[c]([Bi]([c]2ccccc2)([c]2ccccc2)[c]2ccccc2)cc1.